The van der Waals surface area contributed by atoms with E-state index in [0.29, 0.717) is 37.0 Å². The van der Waals surface area contributed by atoms with Gasteiger partial charge in [-0.3, -0.25) is 14.2 Å². The Hall–Kier alpha value is -3.95. The van der Waals surface area contributed by atoms with Gasteiger partial charge in [-0.2, -0.15) is 0 Å². The lowest BCUT2D eigenvalue weighted by Crippen LogP contribution is -2.52. The van der Waals surface area contributed by atoms with Crippen LogP contribution in [0.25, 0.3) is 16.7 Å². The van der Waals surface area contributed by atoms with E-state index in [-0.39, 0.29) is 29.8 Å². The van der Waals surface area contributed by atoms with Crippen LogP contribution in [0.1, 0.15) is 30.7 Å². The first kappa shape index (κ1) is 27.2. The van der Waals surface area contributed by atoms with Gasteiger partial charge in [0.2, 0.25) is 5.91 Å². The Balaban J connectivity index is 1.14. The summed E-state index contributed by atoms with van der Waals surface area (Å²) in [6.45, 7) is 2.73. The van der Waals surface area contributed by atoms with Crippen molar-refractivity contribution in [2.45, 2.75) is 37.3 Å². The molecule has 9 heteroatoms. The van der Waals surface area contributed by atoms with Crippen molar-refractivity contribution >= 4 is 22.6 Å². The lowest BCUT2D eigenvalue weighted by Gasteiger charge is -2.41. The number of nitrogens with one attached hydrogen (secondary N) is 1. The number of carbonyl (C=O) groups is 1. The van der Waals surface area contributed by atoms with E-state index in [9.17, 15) is 14.7 Å². The second-order valence-electron chi connectivity index (χ2n) is 11.7. The highest BCUT2D eigenvalue weighted by Gasteiger charge is 2.39. The van der Waals surface area contributed by atoms with Crippen LogP contribution < -0.4 is 15.8 Å². The zero-order valence-corrected chi connectivity index (χ0v) is 23.7. The van der Waals surface area contributed by atoms with Gasteiger partial charge >= 0.3 is 0 Å². The number of amides is 1. The van der Waals surface area contributed by atoms with Gasteiger partial charge in [-0.15, -0.1) is 0 Å². The van der Waals surface area contributed by atoms with Crippen molar-refractivity contribution in [3.63, 3.8) is 0 Å². The van der Waals surface area contributed by atoms with Gasteiger partial charge in [0.1, 0.15) is 6.33 Å². The van der Waals surface area contributed by atoms with Gasteiger partial charge < -0.3 is 24.8 Å². The quantitative estimate of drug-likeness (QED) is 0.381. The van der Waals surface area contributed by atoms with Crippen molar-refractivity contribution in [1.82, 2.24) is 24.3 Å². The van der Waals surface area contributed by atoms with Crippen molar-refractivity contribution in [1.29, 1.82) is 0 Å². The molecule has 0 aliphatic carbocycles. The smallest absolute Gasteiger partial charge is 0.262 e. The number of carbonyl (C=O) groups excluding carboxylic acids is 1. The molecule has 1 amide bonds. The van der Waals surface area contributed by atoms with Crippen molar-refractivity contribution in [2.24, 2.45) is 5.92 Å². The molecule has 2 aliphatic heterocycles. The zero-order valence-electron chi connectivity index (χ0n) is 23.7. The van der Waals surface area contributed by atoms with Crippen LogP contribution in [0.2, 0.25) is 0 Å². The third kappa shape index (κ3) is 5.39. The van der Waals surface area contributed by atoms with Gasteiger partial charge in [-0.05, 0) is 61.7 Å². The molecular weight excluding hydrogens is 516 g/mol. The molecule has 2 aliphatic rings. The van der Waals surface area contributed by atoms with Crippen LogP contribution in [0.3, 0.4) is 0 Å². The van der Waals surface area contributed by atoms with E-state index in [4.69, 9.17) is 0 Å². The molecule has 41 heavy (non-hydrogen) atoms. The lowest BCUT2D eigenvalue weighted by molar-refractivity contribution is -0.141. The first-order valence-electron chi connectivity index (χ1n) is 14.4. The number of aromatic nitrogens is 3. The molecule has 4 heterocycles. The highest BCUT2D eigenvalue weighted by molar-refractivity contribution is 5.80. The second kappa shape index (κ2) is 11.1. The molecule has 214 valence electrons. The summed E-state index contributed by atoms with van der Waals surface area (Å²) < 4.78 is 3.42. The number of benzene rings is 2. The molecule has 0 saturated carbocycles. The first-order chi connectivity index (χ1) is 19.8. The van der Waals surface area contributed by atoms with E-state index in [1.807, 2.05) is 77.1 Å². The minimum absolute atomic E-state index is 0.0674. The number of likely N-dealkylation sites (tertiary alicyclic amines) is 1. The number of anilines is 1. The average molecular weight is 555 g/mol. The second-order valence-corrected chi connectivity index (χ2v) is 11.7. The minimum atomic E-state index is -1.08. The number of hydrogen-bond donors (Lipinski definition) is 2. The van der Waals surface area contributed by atoms with Crippen LogP contribution in [0.15, 0.2) is 78.0 Å². The molecule has 4 aromatic rings. The maximum absolute atomic E-state index is 13.6. The van der Waals surface area contributed by atoms with Crippen molar-refractivity contribution in [3.05, 3.63) is 89.1 Å². The highest BCUT2D eigenvalue weighted by Crippen LogP contribution is 2.33. The predicted molar refractivity (Wildman–Crippen MR) is 161 cm³/mol. The zero-order chi connectivity index (χ0) is 28.6. The summed E-state index contributed by atoms with van der Waals surface area (Å²) in [6.07, 6.45) is 5.03. The van der Waals surface area contributed by atoms with E-state index in [1.54, 1.807) is 6.07 Å². The largest absolute Gasteiger partial charge is 0.388 e. The first-order valence-corrected chi connectivity index (χ1v) is 14.4. The van der Waals surface area contributed by atoms with E-state index in [0.717, 1.165) is 30.9 Å². The Kier molecular flexibility index (Phi) is 7.40. The number of aliphatic hydroxyl groups is 1. The van der Waals surface area contributed by atoms with Crippen LogP contribution >= 0.6 is 0 Å². The standard InChI is InChI=1S/C32H38N6O3/c1-35(2)24-8-10-25(11-9-24)38-17-13-27-29(38)34-22-37(31(27)40)21-32(41)14-18-36(19-15-32)30(39)26-12-16-33-20-28(26)23-6-4-3-5-7-23/h3-11,13,17,22,26,28,33,41H,12,14-16,18-21H2,1-2H3/t26-,28+/m1/s1. The predicted octanol–water partition coefficient (Wildman–Crippen LogP) is 3.00. The Bertz CT molecular complexity index is 1570. The Morgan fingerprint density at radius 2 is 1.80 bits per heavy atom. The summed E-state index contributed by atoms with van der Waals surface area (Å²) in [6, 6.07) is 20.1. The van der Waals surface area contributed by atoms with E-state index in [2.05, 4.69) is 22.4 Å². The van der Waals surface area contributed by atoms with Crippen molar-refractivity contribution in [3.8, 4) is 5.69 Å². The summed E-state index contributed by atoms with van der Waals surface area (Å²) in [5.41, 5.74) is 2.54. The Labute approximate surface area is 240 Å². The van der Waals surface area contributed by atoms with Gasteiger partial charge in [-0.1, -0.05) is 30.3 Å². The van der Waals surface area contributed by atoms with E-state index < -0.39 is 5.60 Å². The third-order valence-electron chi connectivity index (χ3n) is 8.81. The Morgan fingerprint density at radius 1 is 1.07 bits per heavy atom. The summed E-state index contributed by atoms with van der Waals surface area (Å²) in [5, 5.41) is 15.4. The fraction of sp³-hybridized carbons (Fsp3) is 0.406. The summed E-state index contributed by atoms with van der Waals surface area (Å²) in [7, 11) is 3.99. The normalized spacial score (nSPS) is 20.7. The van der Waals surface area contributed by atoms with Gasteiger partial charge in [-0.25, -0.2) is 4.98 Å². The molecular formula is C32H38N6O3. The van der Waals surface area contributed by atoms with Crippen LogP contribution in [0.5, 0.6) is 0 Å². The van der Waals surface area contributed by atoms with Crippen LogP contribution in [-0.4, -0.2) is 75.9 Å². The van der Waals surface area contributed by atoms with E-state index in [1.165, 1.54) is 16.5 Å². The molecule has 0 radical (unpaired) electrons. The molecule has 2 atom stereocenters. The number of hydrogen-bond acceptors (Lipinski definition) is 6. The van der Waals surface area contributed by atoms with Crippen molar-refractivity contribution < 1.29 is 9.90 Å². The maximum Gasteiger partial charge on any atom is 0.262 e. The molecule has 2 aromatic carbocycles. The fourth-order valence-corrected chi connectivity index (χ4v) is 6.34. The topological polar surface area (TPSA) is 95.6 Å². The van der Waals surface area contributed by atoms with E-state index >= 15 is 0 Å². The Morgan fingerprint density at radius 3 is 2.51 bits per heavy atom. The number of nitrogens with zero attached hydrogens (tertiary/aromatic N) is 5. The monoisotopic (exact) mass is 554 g/mol. The van der Waals surface area contributed by atoms with Crippen LogP contribution in [-0.2, 0) is 11.3 Å². The summed E-state index contributed by atoms with van der Waals surface area (Å²) in [5.74, 6) is 0.248. The molecule has 2 saturated heterocycles. The van der Waals surface area contributed by atoms with Crippen molar-refractivity contribution in [2.75, 3.05) is 45.2 Å². The minimum Gasteiger partial charge on any atom is -0.388 e. The molecule has 6 rings (SSSR count). The lowest BCUT2D eigenvalue weighted by atomic mass is 9.80. The molecule has 2 N–H and O–H groups in total. The van der Waals surface area contributed by atoms with Gasteiger partial charge in [0.05, 0.1) is 17.5 Å². The van der Waals surface area contributed by atoms with Gasteiger partial charge in [0.15, 0.2) is 5.65 Å². The molecule has 0 spiro atoms. The molecule has 0 bridgehead atoms. The molecule has 2 fully saturated rings. The third-order valence-corrected chi connectivity index (χ3v) is 8.81. The number of rotatable bonds is 6. The number of fused-ring (bicyclic) bond motifs is 1. The maximum atomic E-state index is 13.6. The molecule has 2 aromatic heterocycles. The van der Waals surface area contributed by atoms with Crippen LogP contribution in [0, 0.1) is 5.92 Å². The fourth-order valence-electron chi connectivity index (χ4n) is 6.34. The van der Waals surface area contributed by atoms with Crippen LogP contribution in [0.4, 0.5) is 5.69 Å². The highest BCUT2D eigenvalue weighted by atomic mass is 16.3. The molecule has 0 unspecified atom stereocenters. The summed E-state index contributed by atoms with van der Waals surface area (Å²) >= 11 is 0. The summed E-state index contributed by atoms with van der Waals surface area (Å²) in [4.78, 5) is 35.6. The van der Waals surface area contributed by atoms with Gasteiger partial charge in [0.25, 0.3) is 5.56 Å². The molecule has 9 nitrogen and oxygen atoms in total. The number of piperidine rings is 2. The van der Waals surface area contributed by atoms with Gasteiger partial charge in [0, 0.05) is 63.1 Å². The average Bonchev–Trinajstić information content (AvgIpc) is 3.44. The SMILES string of the molecule is CN(C)c1ccc(-n2ccc3c(=O)n(CC4(O)CCN(C(=O)[C@@H]5CCNC[C@H]5c5ccccc5)CC4)cnc32)cc1.